The summed E-state index contributed by atoms with van der Waals surface area (Å²) in [5, 5.41) is 0. The minimum Gasteiger partial charge on any atom is -0.293 e. The highest BCUT2D eigenvalue weighted by Gasteiger charge is 2.09. The van der Waals surface area contributed by atoms with E-state index in [0.717, 1.165) is 18.7 Å². The number of nitrogens with zero attached hydrogens (tertiary/aromatic N) is 1. The van der Waals surface area contributed by atoms with E-state index in [1.165, 1.54) is 11.1 Å². The summed E-state index contributed by atoms with van der Waals surface area (Å²) < 4.78 is 0. The number of hydrogen-bond acceptors (Lipinski definition) is 1. The molecule has 0 bridgehead atoms. The molecule has 0 atom stereocenters. The highest BCUT2D eigenvalue weighted by atomic mass is 35.5. The largest absolute Gasteiger partial charge is 0.293 e. The molecular weight excluding hydrogens is 314 g/mol. The van der Waals surface area contributed by atoms with E-state index in [9.17, 15) is 0 Å². The van der Waals surface area contributed by atoms with Crippen LogP contribution in [0, 0.1) is 17.3 Å². The Bertz CT molecular complexity index is 609. The third-order valence-electron chi connectivity index (χ3n) is 3.52. The molecule has 0 amide bonds. The molecule has 2 heteroatoms. The predicted molar refractivity (Wildman–Crippen MR) is 110 cm³/mol. The van der Waals surface area contributed by atoms with E-state index in [-0.39, 0.29) is 17.8 Å². The van der Waals surface area contributed by atoms with Crippen LogP contribution in [-0.4, -0.2) is 17.5 Å². The van der Waals surface area contributed by atoms with Gasteiger partial charge >= 0.3 is 0 Å². The first-order valence-corrected chi connectivity index (χ1v) is 8.35. The first kappa shape index (κ1) is 22.5. The third-order valence-corrected chi connectivity index (χ3v) is 3.52. The fraction of sp³-hybridized carbons (Fsp3) is 0.455. The van der Waals surface area contributed by atoms with Gasteiger partial charge in [-0.1, -0.05) is 54.3 Å². The standard InChI is InChI=1S/C22H31N.ClH/c1-18(2)21-13-11-12-20(16-21)17-23(19(3)4)15-10-8-9-14-22(5,6)7;/h8,10-13,16,19H,1,15,17H2,2-7H3;1H. The Kier molecular flexibility index (Phi) is 9.75. The molecule has 1 aromatic carbocycles. The zero-order valence-corrected chi connectivity index (χ0v) is 16.8. The number of hydrogen-bond donors (Lipinski definition) is 0. The summed E-state index contributed by atoms with van der Waals surface area (Å²) in [6, 6.07) is 9.14. The summed E-state index contributed by atoms with van der Waals surface area (Å²) in [5.41, 5.74) is 3.72. The fourth-order valence-electron chi connectivity index (χ4n) is 2.13. The Morgan fingerprint density at radius 3 is 2.50 bits per heavy atom. The van der Waals surface area contributed by atoms with Crippen LogP contribution >= 0.6 is 12.4 Å². The van der Waals surface area contributed by atoms with E-state index >= 15 is 0 Å². The average molecular weight is 346 g/mol. The third kappa shape index (κ3) is 8.96. The molecule has 0 aliphatic carbocycles. The van der Waals surface area contributed by atoms with Crippen molar-refractivity contribution in [1.82, 2.24) is 4.90 Å². The van der Waals surface area contributed by atoms with E-state index in [4.69, 9.17) is 0 Å². The molecule has 0 N–H and O–H groups in total. The molecule has 24 heavy (non-hydrogen) atoms. The van der Waals surface area contributed by atoms with Crippen molar-refractivity contribution in [3.05, 3.63) is 54.1 Å². The summed E-state index contributed by atoms with van der Waals surface area (Å²) in [7, 11) is 0. The number of allylic oxidation sites excluding steroid dienone is 2. The normalized spacial score (nSPS) is 11.3. The van der Waals surface area contributed by atoms with Gasteiger partial charge in [-0.05, 0) is 58.7 Å². The van der Waals surface area contributed by atoms with Crippen molar-refractivity contribution in [2.45, 2.75) is 54.1 Å². The second-order valence-electron chi connectivity index (χ2n) is 7.43. The lowest BCUT2D eigenvalue weighted by molar-refractivity contribution is 0.237. The number of halogens is 1. The van der Waals surface area contributed by atoms with Gasteiger partial charge in [0.1, 0.15) is 0 Å². The molecule has 0 fully saturated rings. The molecule has 0 heterocycles. The maximum absolute atomic E-state index is 4.03. The predicted octanol–water partition coefficient (Wildman–Crippen LogP) is 5.96. The van der Waals surface area contributed by atoms with Gasteiger partial charge in [-0.15, -0.1) is 12.4 Å². The summed E-state index contributed by atoms with van der Waals surface area (Å²) in [4.78, 5) is 2.44. The number of rotatable bonds is 6. The highest BCUT2D eigenvalue weighted by molar-refractivity contribution is 5.85. The van der Waals surface area contributed by atoms with Crippen LogP contribution in [0.5, 0.6) is 0 Å². The molecule has 0 saturated heterocycles. The highest BCUT2D eigenvalue weighted by Crippen LogP contribution is 2.16. The van der Waals surface area contributed by atoms with Crippen LogP contribution in [0.3, 0.4) is 0 Å². The van der Waals surface area contributed by atoms with E-state index in [1.54, 1.807) is 0 Å². The molecule has 0 aliphatic heterocycles. The second-order valence-corrected chi connectivity index (χ2v) is 7.43. The zero-order chi connectivity index (χ0) is 17.5. The lowest BCUT2D eigenvalue weighted by Crippen LogP contribution is -2.30. The van der Waals surface area contributed by atoms with Crippen LogP contribution < -0.4 is 0 Å². The van der Waals surface area contributed by atoms with Gasteiger partial charge in [-0.25, -0.2) is 0 Å². The van der Waals surface area contributed by atoms with Crippen molar-refractivity contribution in [1.29, 1.82) is 0 Å². The molecule has 132 valence electrons. The van der Waals surface area contributed by atoms with Gasteiger partial charge in [0.15, 0.2) is 0 Å². The molecular formula is C22H32ClN. The molecule has 0 saturated carbocycles. The molecule has 1 aromatic rings. The summed E-state index contributed by atoms with van der Waals surface area (Å²) in [6.45, 7) is 18.8. The molecule has 0 aliphatic rings. The smallest absolute Gasteiger partial charge is 0.0239 e. The maximum Gasteiger partial charge on any atom is 0.0239 e. The van der Waals surface area contributed by atoms with Crippen molar-refractivity contribution >= 4 is 18.0 Å². The SMILES string of the molecule is C=C(C)c1cccc(CN(CC=CC#CC(C)(C)C)C(C)C)c1.Cl. The molecule has 1 rings (SSSR count). The topological polar surface area (TPSA) is 3.24 Å². The van der Waals surface area contributed by atoms with E-state index < -0.39 is 0 Å². The van der Waals surface area contributed by atoms with Gasteiger partial charge in [-0.2, -0.15) is 0 Å². The first-order chi connectivity index (χ1) is 10.7. The van der Waals surface area contributed by atoms with Crippen molar-refractivity contribution in [3.63, 3.8) is 0 Å². The Morgan fingerprint density at radius 1 is 1.29 bits per heavy atom. The van der Waals surface area contributed by atoms with Crippen molar-refractivity contribution in [2.75, 3.05) is 6.54 Å². The molecule has 0 radical (unpaired) electrons. The Hall–Kier alpha value is -1.49. The van der Waals surface area contributed by atoms with Gasteiger partial charge < -0.3 is 0 Å². The lowest BCUT2D eigenvalue weighted by Gasteiger charge is -2.25. The minimum absolute atomic E-state index is 0. The van der Waals surface area contributed by atoms with Gasteiger partial charge in [0.2, 0.25) is 0 Å². The van der Waals surface area contributed by atoms with Gasteiger partial charge in [0.05, 0.1) is 0 Å². The average Bonchev–Trinajstić information content (AvgIpc) is 2.44. The molecule has 0 unspecified atom stereocenters. The number of benzene rings is 1. The van der Waals surface area contributed by atoms with Crippen LogP contribution in [0.15, 0.2) is 43.0 Å². The van der Waals surface area contributed by atoms with Crippen molar-refractivity contribution in [3.8, 4) is 11.8 Å². The van der Waals surface area contributed by atoms with E-state index in [1.807, 2.05) is 6.08 Å². The Balaban J connectivity index is 0.00000529. The van der Waals surface area contributed by atoms with Crippen LogP contribution in [0.1, 0.15) is 52.7 Å². The fourth-order valence-corrected chi connectivity index (χ4v) is 2.13. The second kappa shape index (κ2) is 10.4. The van der Waals surface area contributed by atoms with E-state index in [0.29, 0.717) is 6.04 Å². The van der Waals surface area contributed by atoms with Crippen LogP contribution in [-0.2, 0) is 6.54 Å². The Labute approximate surface area is 155 Å². The van der Waals surface area contributed by atoms with Gasteiger partial charge in [0.25, 0.3) is 0 Å². The van der Waals surface area contributed by atoms with Gasteiger partial charge in [0, 0.05) is 24.5 Å². The van der Waals surface area contributed by atoms with Crippen molar-refractivity contribution in [2.24, 2.45) is 5.41 Å². The quantitative estimate of drug-likeness (QED) is 0.575. The summed E-state index contributed by atoms with van der Waals surface area (Å²) in [6.07, 6.45) is 4.13. The maximum atomic E-state index is 4.03. The minimum atomic E-state index is 0. The zero-order valence-electron chi connectivity index (χ0n) is 16.0. The van der Waals surface area contributed by atoms with Gasteiger partial charge in [-0.3, -0.25) is 4.90 Å². The first-order valence-electron chi connectivity index (χ1n) is 8.35. The van der Waals surface area contributed by atoms with Crippen LogP contribution in [0.25, 0.3) is 5.57 Å². The Morgan fingerprint density at radius 2 is 1.96 bits per heavy atom. The summed E-state index contributed by atoms with van der Waals surface area (Å²) >= 11 is 0. The molecule has 1 nitrogen and oxygen atoms in total. The van der Waals surface area contributed by atoms with Crippen LogP contribution in [0.2, 0.25) is 0 Å². The lowest BCUT2D eigenvalue weighted by atomic mass is 9.98. The van der Waals surface area contributed by atoms with E-state index in [2.05, 4.69) is 95.2 Å². The monoisotopic (exact) mass is 345 g/mol. The van der Waals surface area contributed by atoms with Crippen LogP contribution in [0.4, 0.5) is 0 Å². The molecule has 0 spiro atoms. The summed E-state index contributed by atoms with van der Waals surface area (Å²) in [5.74, 6) is 6.37. The molecule has 0 aromatic heterocycles. The van der Waals surface area contributed by atoms with Crippen molar-refractivity contribution < 1.29 is 0 Å².